The zero-order chi connectivity index (χ0) is 12.4. The van der Waals surface area contributed by atoms with Crippen molar-refractivity contribution in [3.63, 3.8) is 0 Å². The van der Waals surface area contributed by atoms with E-state index in [2.05, 4.69) is 5.32 Å². The number of anilines is 1. The van der Waals surface area contributed by atoms with Crippen molar-refractivity contribution < 1.29 is 9.59 Å². The largest absolute Gasteiger partial charge is 0.330 e. The molecule has 1 aromatic carbocycles. The summed E-state index contributed by atoms with van der Waals surface area (Å²) >= 11 is 0. The first kappa shape index (κ1) is 11.4. The van der Waals surface area contributed by atoms with Crippen LogP contribution in [0.2, 0.25) is 0 Å². The molecule has 0 radical (unpaired) electrons. The number of nitrogens with zero attached hydrogens (tertiary/aromatic N) is 2. The number of nitrogens with one attached hydrogen (secondary N) is 1. The smallest absolute Gasteiger partial charge is 0.325 e. The number of likely N-dealkylation sites (N-methyl/N-ethyl adjacent to an activating group) is 1. The third-order valence-corrected chi connectivity index (χ3v) is 2.76. The quantitative estimate of drug-likeness (QED) is 0.806. The molecule has 2 rings (SSSR count). The van der Waals surface area contributed by atoms with Gasteiger partial charge in [0, 0.05) is 19.3 Å². The van der Waals surface area contributed by atoms with E-state index >= 15 is 0 Å². The normalized spacial score (nSPS) is 19.6. The van der Waals surface area contributed by atoms with Gasteiger partial charge in [-0.2, -0.15) is 0 Å². The molecule has 0 saturated carbocycles. The molecule has 0 spiro atoms. The summed E-state index contributed by atoms with van der Waals surface area (Å²) < 4.78 is 0. The molecule has 1 saturated heterocycles. The highest BCUT2D eigenvalue weighted by Crippen LogP contribution is 2.16. The molecule has 90 valence electrons. The van der Waals surface area contributed by atoms with Gasteiger partial charge in [0.25, 0.3) is 0 Å². The lowest BCUT2D eigenvalue weighted by atomic mass is 10.3. The Morgan fingerprint density at radius 1 is 1.35 bits per heavy atom. The second-order valence-corrected chi connectivity index (χ2v) is 4.18. The molecule has 1 atom stereocenters. The number of hydrogen-bond acceptors (Lipinski definition) is 2. The van der Waals surface area contributed by atoms with E-state index in [4.69, 9.17) is 0 Å². The average Bonchev–Trinajstić information content (AvgIpc) is 2.54. The minimum absolute atomic E-state index is 0.101. The lowest BCUT2D eigenvalue weighted by molar-refractivity contribution is 0.190. The number of para-hydroxylation sites is 1. The molecule has 0 bridgehead atoms. The van der Waals surface area contributed by atoms with Crippen LogP contribution in [0.5, 0.6) is 0 Å². The monoisotopic (exact) mass is 233 g/mol. The van der Waals surface area contributed by atoms with Crippen LogP contribution in [0.25, 0.3) is 0 Å². The van der Waals surface area contributed by atoms with E-state index in [1.165, 1.54) is 9.80 Å². The van der Waals surface area contributed by atoms with Gasteiger partial charge in [0.15, 0.2) is 0 Å². The number of carbonyl (C=O) groups is 2. The lowest BCUT2D eigenvalue weighted by Gasteiger charge is -2.18. The predicted octanol–water partition coefficient (Wildman–Crippen LogP) is 1.97. The van der Waals surface area contributed by atoms with Crippen LogP contribution < -0.4 is 5.32 Å². The number of urea groups is 2. The number of amides is 4. The van der Waals surface area contributed by atoms with Gasteiger partial charge in [0.2, 0.25) is 0 Å². The topological polar surface area (TPSA) is 52.7 Å². The van der Waals surface area contributed by atoms with Crippen molar-refractivity contribution in [3.05, 3.63) is 30.3 Å². The summed E-state index contributed by atoms with van der Waals surface area (Å²) in [6.45, 7) is 2.42. The molecule has 1 unspecified atom stereocenters. The first-order valence-electron chi connectivity index (χ1n) is 5.50. The second kappa shape index (κ2) is 4.45. The SMILES string of the molecule is CC1CN(C)C(=O)N1C(=O)Nc1ccccc1. The molecule has 1 aromatic rings. The number of rotatable bonds is 1. The number of hydrogen-bond donors (Lipinski definition) is 1. The van der Waals surface area contributed by atoms with Crippen LogP contribution in [0.3, 0.4) is 0 Å². The fraction of sp³-hybridized carbons (Fsp3) is 0.333. The third-order valence-electron chi connectivity index (χ3n) is 2.76. The van der Waals surface area contributed by atoms with Crippen molar-refractivity contribution in [3.8, 4) is 0 Å². The fourth-order valence-corrected chi connectivity index (χ4v) is 1.92. The first-order chi connectivity index (χ1) is 8.09. The van der Waals surface area contributed by atoms with Crippen molar-refractivity contribution in [1.29, 1.82) is 0 Å². The van der Waals surface area contributed by atoms with Gasteiger partial charge in [0.05, 0.1) is 6.04 Å². The first-order valence-corrected chi connectivity index (χ1v) is 5.50. The Morgan fingerprint density at radius 3 is 2.53 bits per heavy atom. The van der Waals surface area contributed by atoms with Crippen LogP contribution in [0, 0.1) is 0 Å². The molecule has 0 aliphatic carbocycles. The summed E-state index contributed by atoms with van der Waals surface area (Å²) in [5, 5.41) is 2.70. The minimum Gasteiger partial charge on any atom is -0.325 e. The lowest BCUT2D eigenvalue weighted by Crippen LogP contribution is -2.41. The van der Waals surface area contributed by atoms with Crippen molar-refractivity contribution in [2.45, 2.75) is 13.0 Å². The number of benzene rings is 1. The van der Waals surface area contributed by atoms with Crippen LogP contribution in [0.15, 0.2) is 30.3 Å². The van der Waals surface area contributed by atoms with Gasteiger partial charge in [-0.25, -0.2) is 14.5 Å². The van der Waals surface area contributed by atoms with Crippen molar-refractivity contribution in [2.24, 2.45) is 0 Å². The van der Waals surface area contributed by atoms with Crippen molar-refractivity contribution >= 4 is 17.7 Å². The van der Waals surface area contributed by atoms with Crippen LogP contribution in [0.4, 0.5) is 15.3 Å². The maximum absolute atomic E-state index is 11.9. The summed E-state index contributed by atoms with van der Waals surface area (Å²) in [6, 6.07) is 8.36. The van der Waals surface area contributed by atoms with E-state index in [1.807, 2.05) is 25.1 Å². The van der Waals surface area contributed by atoms with Gasteiger partial charge >= 0.3 is 12.1 Å². The minimum atomic E-state index is -0.377. The summed E-state index contributed by atoms with van der Waals surface area (Å²) in [5.74, 6) is 0. The highest BCUT2D eigenvalue weighted by Gasteiger charge is 2.36. The molecule has 1 heterocycles. The zero-order valence-corrected chi connectivity index (χ0v) is 9.88. The van der Waals surface area contributed by atoms with E-state index in [9.17, 15) is 9.59 Å². The van der Waals surface area contributed by atoms with Gasteiger partial charge in [0.1, 0.15) is 0 Å². The molecule has 0 aromatic heterocycles. The molecule has 1 N–H and O–H groups in total. The summed E-state index contributed by atoms with van der Waals surface area (Å²) in [5.41, 5.74) is 0.687. The van der Waals surface area contributed by atoms with Gasteiger partial charge in [-0.15, -0.1) is 0 Å². The Labute approximate surface area is 100 Å². The number of imide groups is 1. The van der Waals surface area contributed by atoms with Gasteiger partial charge in [-0.05, 0) is 19.1 Å². The maximum atomic E-state index is 11.9. The molecule has 1 aliphatic rings. The highest BCUT2D eigenvalue weighted by atomic mass is 16.2. The van der Waals surface area contributed by atoms with E-state index in [-0.39, 0.29) is 18.1 Å². The third kappa shape index (κ3) is 2.22. The van der Waals surface area contributed by atoms with E-state index in [0.29, 0.717) is 12.2 Å². The van der Waals surface area contributed by atoms with E-state index in [0.717, 1.165) is 0 Å². The zero-order valence-electron chi connectivity index (χ0n) is 9.88. The number of carbonyl (C=O) groups excluding carboxylic acids is 2. The highest BCUT2D eigenvalue weighted by molar-refractivity contribution is 6.01. The molecule has 1 aliphatic heterocycles. The molecular weight excluding hydrogens is 218 g/mol. The Kier molecular flexibility index (Phi) is 2.99. The second-order valence-electron chi connectivity index (χ2n) is 4.18. The van der Waals surface area contributed by atoms with Crippen LogP contribution in [-0.2, 0) is 0 Å². The van der Waals surface area contributed by atoms with Gasteiger partial charge < -0.3 is 10.2 Å². The standard InChI is InChI=1S/C12H15N3O2/c1-9-8-14(2)12(17)15(9)11(16)13-10-6-4-3-5-7-10/h3-7,9H,8H2,1-2H3,(H,13,16). The van der Waals surface area contributed by atoms with Crippen molar-refractivity contribution in [1.82, 2.24) is 9.80 Å². The molecule has 1 fully saturated rings. The van der Waals surface area contributed by atoms with Crippen molar-refractivity contribution in [2.75, 3.05) is 18.9 Å². The molecule has 5 nitrogen and oxygen atoms in total. The summed E-state index contributed by atoms with van der Waals surface area (Å²) in [4.78, 5) is 26.5. The maximum Gasteiger partial charge on any atom is 0.330 e. The Balaban J connectivity index is 2.08. The van der Waals surface area contributed by atoms with Crippen LogP contribution in [-0.4, -0.2) is 41.5 Å². The molecule has 4 amide bonds. The fourth-order valence-electron chi connectivity index (χ4n) is 1.92. The Hall–Kier alpha value is -2.04. The Bertz CT molecular complexity index is 433. The van der Waals surface area contributed by atoms with Crippen LogP contribution in [0.1, 0.15) is 6.92 Å². The van der Waals surface area contributed by atoms with E-state index < -0.39 is 0 Å². The van der Waals surface area contributed by atoms with Crippen LogP contribution >= 0.6 is 0 Å². The summed E-state index contributed by atoms with van der Waals surface area (Å²) in [7, 11) is 1.69. The Morgan fingerprint density at radius 2 is 2.00 bits per heavy atom. The predicted molar refractivity (Wildman–Crippen MR) is 64.8 cm³/mol. The van der Waals surface area contributed by atoms with Gasteiger partial charge in [-0.1, -0.05) is 18.2 Å². The van der Waals surface area contributed by atoms with Gasteiger partial charge in [-0.3, -0.25) is 0 Å². The molecule has 17 heavy (non-hydrogen) atoms. The van der Waals surface area contributed by atoms with E-state index in [1.54, 1.807) is 19.2 Å². The molecule has 5 heteroatoms. The molecular formula is C12H15N3O2. The average molecular weight is 233 g/mol. The summed E-state index contributed by atoms with van der Waals surface area (Å²) in [6.07, 6.45) is 0.